The number of hydrogen-bond donors (Lipinski definition) is 3. The van der Waals surface area contributed by atoms with Crippen LogP contribution in [0.15, 0.2) is 35.4 Å². The number of ether oxygens (including phenoxy) is 3. The molecule has 1 aliphatic heterocycles. The predicted octanol–water partition coefficient (Wildman–Crippen LogP) is 1.15. The number of benzene rings is 1. The molecule has 0 saturated carbocycles. The number of aldehydes is 1. The van der Waals surface area contributed by atoms with Crippen LogP contribution in [0.3, 0.4) is 0 Å². The Hall–Kier alpha value is -2.52. The Labute approximate surface area is 248 Å². The molecule has 3 atom stereocenters. The standard InChI is InChI=1S/C28H38IN3O8/c1-18(2)12-25(35)32(6-5-31-7-10-39-11-8-31)22-15-20(28(37)30-4-9-33)16-23(26(22)36)40-27-21(29)13-19(17-34)14-24(27)38-3/h12-14,16-17,22-23,26,33,36H,4-11,15H2,1-3H3,(H,30,37)/t22-,23+,26+/m1/s1. The summed E-state index contributed by atoms with van der Waals surface area (Å²) < 4.78 is 17.7. The van der Waals surface area contributed by atoms with Gasteiger partial charge in [-0.1, -0.05) is 5.57 Å². The number of amides is 2. The normalized spacial score (nSPS) is 21.1. The molecular formula is C28H38IN3O8. The van der Waals surface area contributed by atoms with Gasteiger partial charge in [-0.15, -0.1) is 0 Å². The lowest BCUT2D eigenvalue weighted by Crippen LogP contribution is -2.56. The van der Waals surface area contributed by atoms with Gasteiger partial charge in [0.05, 0.1) is 36.5 Å². The topological polar surface area (TPSA) is 138 Å². The fraction of sp³-hybridized carbons (Fsp3) is 0.536. The second-order valence-electron chi connectivity index (χ2n) is 9.88. The first kappa shape index (κ1) is 32.0. The number of nitrogens with zero attached hydrogens (tertiary/aromatic N) is 2. The smallest absolute Gasteiger partial charge is 0.247 e. The van der Waals surface area contributed by atoms with Crippen LogP contribution in [0, 0.1) is 3.57 Å². The van der Waals surface area contributed by atoms with Crippen molar-refractivity contribution >= 4 is 40.7 Å². The van der Waals surface area contributed by atoms with E-state index in [1.165, 1.54) is 19.3 Å². The van der Waals surface area contributed by atoms with E-state index in [-0.39, 0.29) is 25.5 Å². The zero-order chi connectivity index (χ0) is 29.2. The minimum absolute atomic E-state index is 0.0608. The van der Waals surface area contributed by atoms with Crippen LogP contribution < -0.4 is 14.8 Å². The van der Waals surface area contributed by atoms with Crippen LogP contribution in [0.25, 0.3) is 0 Å². The first-order valence-corrected chi connectivity index (χ1v) is 14.3. The summed E-state index contributed by atoms with van der Waals surface area (Å²) in [6, 6.07) is 2.39. The van der Waals surface area contributed by atoms with Gasteiger partial charge in [0.25, 0.3) is 0 Å². The van der Waals surface area contributed by atoms with Crippen LogP contribution in [-0.2, 0) is 14.3 Å². The van der Waals surface area contributed by atoms with Crippen LogP contribution in [0.4, 0.5) is 0 Å². The SMILES string of the molecule is COc1cc(C=O)cc(I)c1O[C@H]1C=C(C(=O)NCCO)C[C@@H](N(CCN2CCOCC2)C(=O)C=C(C)C)[C@@H]1O. The second-order valence-corrected chi connectivity index (χ2v) is 11.0. The molecule has 0 unspecified atom stereocenters. The maximum atomic E-state index is 13.5. The number of carbonyl (C=O) groups excluding carboxylic acids is 3. The minimum atomic E-state index is -1.18. The van der Waals surface area contributed by atoms with E-state index in [9.17, 15) is 24.6 Å². The number of halogens is 1. The third-order valence-electron chi connectivity index (χ3n) is 6.71. The Kier molecular flexibility index (Phi) is 12.4. The van der Waals surface area contributed by atoms with Crippen molar-refractivity contribution in [2.45, 2.75) is 38.5 Å². The maximum Gasteiger partial charge on any atom is 0.247 e. The van der Waals surface area contributed by atoms with Crippen molar-refractivity contribution in [2.24, 2.45) is 0 Å². The molecule has 1 aromatic carbocycles. The summed E-state index contributed by atoms with van der Waals surface area (Å²) in [5, 5.41) is 23.5. The summed E-state index contributed by atoms with van der Waals surface area (Å²) in [4.78, 5) is 41.6. The summed E-state index contributed by atoms with van der Waals surface area (Å²) >= 11 is 2.02. The van der Waals surface area contributed by atoms with Crippen LogP contribution in [-0.4, -0.2) is 116 Å². The fourth-order valence-electron chi connectivity index (χ4n) is 4.68. The van der Waals surface area contributed by atoms with E-state index in [0.717, 1.165) is 18.7 Å². The van der Waals surface area contributed by atoms with E-state index in [1.807, 2.05) is 36.4 Å². The summed E-state index contributed by atoms with van der Waals surface area (Å²) in [5.41, 5.74) is 1.54. The van der Waals surface area contributed by atoms with Crippen molar-refractivity contribution in [3.8, 4) is 11.5 Å². The van der Waals surface area contributed by atoms with E-state index in [0.29, 0.717) is 58.8 Å². The van der Waals surface area contributed by atoms with Crippen LogP contribution >= 0.6 is 22.6 Å². The van der Waals surface area contributed by atoms with Gasteiger partial charge in [0.2, 0.25) is 11.8 Å². The Balaban J connectivity index is 1.98. The molecule has 220 valence electrons. The molecule has 1 saturated heterocycles. The van der Waals surface area contributed by atoms with Crippen molar-refractivity contribution in [1.29, 1.82) is 0 Å². The molecule has 1 fully saturated rings. The lowest BCUT2D eigenvalue weighted by Gasteiger charge is -2.41. The van der Waals surface area contributed by atoms with Crippen molar-refractivity contribution in [1.82, 2.24) is 15.1 Å². The molecule has 2 aliphatic rings. The summed E-state index contributed by atoms with van der Waals surface area (Å²) in [6.45, 7) is 7.11. The Morgan fingerprint density at radius 3 is 2.62 bits per heavy atom. The zero-order valence-electron chi connectivity index (χ0n) is 23.1. The molecule has 3 N–H and O–H groups in total. The predicted molar refractivity (Wildman–Crippen MR) is 157 cm³/mol. The number of allylic oxidation sites excluding steroid dienone is 1. The molecular weight excluding hydrogens is 633 g/mol. The Morgan fingerprint density at radius 2 is 2.00 bits per heavy atom. The van der Waals surface area contributed by atoms with Gasteiger partial charge in [-0.3, -0.25) is 19.3 Å². The Bertz CT molecular complexity index is 1120. The number of aliphatic hydroxyl groups excluding tert-OH is 2. The summed E-state index contributed by atoms with van der Waals surface area (Å²) in [5.74, 6) is -0.0797. The highest BCUT2D eigenvalue weighted by Crippen LogP contribution is 2.37. The molecule has 0 aromatic heterocycles. The molecule has 0 spiro atoms. The van der Waals surface area contributed by atoms with Gasteiger partial charge >= 0.3 is 0 Å². The zero-order valence-corrected chi connectivity index (χ0v) is 25.3. The molecule has 11 nitrogen and oxygen atoms in total. The second kappa shape index (κ2) is 15.5. The molecule has 1 heterocycles. The molecule has 1 aromatic rings. The molecule has 12 heteroatoms. The number of carbonyl (C=O) groups is 3. The van der Waals surface area contributed by atoms with E-state index < -0.39 is 24.2 Å². The first-order chi connectivity index (χ1) is 19.2. The highest BCUT2D eigenvalue weighted by atomic mass is 127. The van der Waals surface area contributed by atoms with Gasteiger partial charge in [0.1, 0.15) is 18.5 Å². The monoisotopic (exact) mass is 671 g/mol. The van der Waals surface area contributed by atoms with Gasteiger partial charge in [0.15, 0.2) is 11.5 Å². The lowest BCUT2D eigenvalue weighted by molar-refractivity contribution is -0.134. The van der Waals surface area contributed by atoms with E-state index >= 15 is 0 Å². The largest absolute Gasteiger partial charge is 0.493 e. The lowest BCUT2D eigenvalue weighted by atomic mass is 9.88. The highest BCUT2D eigenvalue weighted by Gasteiger charge is 2.40. The Morgan fingerprint density at radius 1 is 1.27 bits per heavy atom. The van der Waals surface area contributed by atoms with E-state index in [4.69, 9.17) is 14.2 Å². The van der Waals surface area contributed by atoms with Gasteiger partial charge in [-0.2, -0.15) is 0 Å². The maximum absolute atomic E-state index is 13.5. The third kappa shape index (κ3) is 8.49. The first-order valence-electron chi connectivity index (χ1n) is 13.2. The summed E-state index contributed by atoms with van der Waals surface area (Å²) in [6.07, 6.45) is 1.67. The van der Waals surface area contributed by atoms with Gasteiger partial charge in [-0.25, -0.2) is 0 Å². The number of hydrogen-bond acceptors (Lipinski definition) is 9. The van der Waals surface area contributed by atoms with Crippen molar-refractivity contribution in [2.75, 3.05) is 59.7 Å². The average molecular weight is 672 g/mol. The van der Waals surface area contributed by atoms with Crippen LogP contribution in [0.5, 0.6) is 11.5 Å². The molecule has 0 bridgehead atoms. The number of methoxy groups -OCH3 is 1. The number of rotatable bonds is 12. The van der Waals surface area contributed by atoms with E-state index in [1.54, 1.807) is 17.0 Å². The molecule has 40 heavy (non-hydrogen) atoms. The number of nitrogens with one attached hydrogen (secondary N) is 1. The van der Waals surface area contributed by atoms with Gasteiger partial charge in [-0.05, 0) is 54.6 Å². The molecule has 0 radical (unpaired) electrons. The average Bonchev–Trinajstić information content (AvgIpc) is 2.94. The van der Waals surface area contributed by atoms with Gasteiger partial charge in [0, 0.05) is 56.4 Å². The number of morpholine rings is 1. The quantitative estimate of drug-likeness (QED) is 0.170. The fourth-order valence-corrected chi connectivity index (χ4v) is 5.43. The summed E-state index contributed by atoms with van der Waals surface area (Å²) in [7, 11) is 1.45. The third-order valence-corrected chi connectivity index (χ3v) is 7.51. The van der Waals surface area contributed by atoms with E-state index in [2.05, 4.69) is 10.2 Å². The van der Waals surface area contributed by atoms with Crippen LogP contribution in [0.1, 0.15) is 30.6 Å². The van der Waals surface area contributed by atoms with Crippen LogP contribution in [0.2, 0.25) is 0 Å². The highest BCUT2D eigenvalue weighted by molar-refractivity contribution is 14.1. The van der Waals surface area contributed by atoms with Crippen molar-refractivity contribution in [3.05, 3.63) is 44.6 Å². The molecule has 1 aliphatic carbocycles. The minimum Gasteiger partial charge on any atom is -0.493 e. The molecule has 3 rings (SSSR count). The van der Waals surface area contributed by atoms with Crippen molar-refractivity contribution < 1.29 is 38.8 Å². The molecule has 2 amide bonds. The number of aliphatic hydroxyl groups is 2. The van der Waals surface area contributed by atoms with Crippen molar-refractivity contribution in [3.63, 3.8) is 0 Å². The van der Waals surface area contributed by atoms with Gasteiger partial charge < -0.3 is 34.6 Å².